The van der Waals surface area contributed by atoms with Crippen LogP contribution in [0.1, 0.15) is 21.8 Å². The lowest BCUT2D eigenvalue weighted by atomic mass is 10.2. The van der Waals surface area contributed by atoms with Crippen LogP contribution in [0.15, 0.2) is 33.3 Å². The zero-order valence-corrected chi connectivity index (χ0v) is 11.1. The third-order valence-corrected chi connectivity index (χ3v) is 2.89. The minimum atomic E-state index is -0.405. The Hall–Kier alpha value is -1.69. The van der Waals surface area contributed by atoms with Gasteiger partial charge in [-0.15, -0.1) is 0 Å². The molecule has 1 aromatic heterocycles. The molecule has 0 fully saturated rings. The quantitative estimate of drug-likeness (QED) is 0.948. The topological polar surface area (TPSA) is 55.1 Å². The number of halogens is 2. The van der Waals surface area contributed by atoms with Crippen molar-refractivity contribution in [3.63, 3.8) is 0 Å². The molecule has 2 rings (SSSR count). The van der Waals surface area contributed by atoms with Crippen LogP contribution >= 0.6 is 15.9 Å². The van der Waals surface area contributed by atoms with Crippen molar-refractivity contribution in [2.75, 3.05) is 0 Å². The van der Waals surface area contributed by atoms with Crippen LogP contribution in [0.5, 0.6) is 0 Å². The highest BCUT2D eigenvalue weighted by Gasteiger charge is 2.09. The maximum atomic E-state index is 13.0. The molecular formula is C12H10BrFN2O2. The molecule has 0 radical (unpaired) electrons. The van der Waals surface area contributed by atoms with E-state index in [1.165, 1.54) is 18.2 Å². The number of hydrogen-bond donors (Lipinski definition) is 1. The summed E-state index contributed by atoms with van der Waals surface area (Å²) < 4.78 is 18.2. The third kappa shape index (κ3) is 2.95. The number of hydrogen-bond acceptors (Lipinski definition) is 3. The van der Waals surface area contributed by atoms with E-state index in [2.05, 4.69) is 26.4 Å². The summed E-state index contributed by atoms with van der Waals surface area (Å²) in [5.74, 6) is -0.135. The highest BCUT2D eigenvalue weighted by molar-refractivity contribution is 9.10. The standard InChI is InChI=1S/C12H10BrFN2O2/c1-7-4-9(18-16-7)6-15-12(17)8-2-3-11(14)10(13)5-8/h2-5H,6H2,1H3,(H,15,17). The van der Waals surface area contributed by atoms with E-state index in [9.17, 15) is 9.18 Å². The first-order valence-corrected chi connectivity index (χ1v) is 6.01. The maximum Gasteiger partial charge on any atom is 0.251 e. The summed E-state index contributed by atoms with van der Waals surface area (Å²) in [7, 11) is 0. The second kappa shape index (κ2) is 5.30. The molecule has 1 heterocycles. The van der Waals surface area contributed by atoms with Gasteiger partial charge in [-0.25, -0.2) is 4.39 Å². The number of aryl methyl sites for hydroxylation is 1. The largest absolute Gasteiger partial charge is 0.359 e. The predicted octanol–water partition coefficient (Wildman–Crippen LogP) is 2.81. The van der Waals surface area contributed by atoms with Crippen LogP contribution in [0, 0.1) is 12.7 Å². The number of carbonyl (C=O) groups excluding carboxylic acids is 1. The monoisotopic (exact) mass is 312 g/mol. The summed E-state index contributed by atoms with van der Waals surface area (Å²) in [6.07, 6.45) is 0. The van der Waals surface area contributed by atoms with Gasteiger partial charge in [0.2, 0.25) is 0 Å². The van der Waals surface area contributed by atoms with Crippen LogP contribution < -0.4 is 5.32 Å². The Bertz CT molecular complexity index is 583. The van der Waals surface area contributed by atoms with Crippen molar-refractivity contribution in [3.05, 3.63) is 51.6 Å². The summed E-state index contributed by atoms with van der Waals surface area (Å²) in [5, 5.41) is 6.37. The number of nitrogens with zero attached hydrogens (tertiary/aromatic N) is 1. The zero-order chi connectivity index (χ0) is 13.1. The molecule has 6 heteroatoms. The fraction of sp³-hybridized carbons (Fsp3) is 0.167. The number of rotatable bonds is 3. The first-order chi connectivity index (χ1) is 8.56. The lowest BCUT2D eigenvalue weighted by Gasteiger charge is -2.03. The van der Waals surface area contributed by atoms with Gasteiger partial charge in [0.05, 0.1) is 16.7 Å². The summed E-state index contributed by atoms with van der Waals surface area (Å²) in [6, 6.07) is 5.82. The van der Waals surface area contributed by atoms with Gasteiger partial charge in [-0.1, -0.05) is 5.16 Å². The predicted molar refractivity (Wildman–Crippen MR) is 66.5 cm³/mol. The Kier molecular flexibility index (Phi) is 3.76. The van der Waals surface area contributed by atoms with Gasteiger partial charge in [0.1, 0.15) is 5.82 Å². The van der Waals surface area contributed by atoms with Gasteiger partial charge in [-0.2, -0.15) is 0 Å². The number of carbonyl (C=O) groups is 1. The van der Waals surface area contributed by atoms with Gasteiger partial charge in [-0.05, 0) is 41.1 Å². The molecular weight excluding hydrogens is 303 g/mol. The molecule has 94 valence electrons. The Morgan fingerprint density at radius 1 is 1.50 bits per heavy atom. The first kappa shape index (κ1) is 12.8. The summed E-state index contributed by atoms with van der Waals surface area (Å²) in [4.78, 5) is 11.8. The molecule has 1 aromatic carbocycles. The van der Waals surface area contributed by atoms with E-state index in [0.29, 0.717) is 11.3 Å². The molecule has 0 saturated carbocycles. The van der Waals surface area contributed by atoms with Gasteiger partial charge >= 0.3 is 0 Å². The molecule has 1 N–H and O–H groups in total. The van der Waals surface area contributed by atoms with Crippen molar-refractivity contribution in [2.45, 2.75) is 13.5 Å². The fourth-order valence-electron chi connectivity index (χ4n) is 1.41. The van der Waals surface area contributed by atoms with E-state index in [0.717, 1.165) is 5.69 Å². The zero-order valence-electron chi connectivity index (χ0n) is 9.54. The van der Waals surface area contributed by atoms with Crippen LogP contribution in [-0.2, 0) is 6.54 Å². The molecule has 0 aliphatic carbocycles. The fourth-order valence-corrected chi connectivity index (χ4v) is 1.79. The second-order valence-corrected chi connectivity index (χ2v) is 4.60. The molecule has 0 unspecified atom stereocenters. The van der Waals surface area contributed by atoms with E-state index in [1.54, 1.807) is 13.0 Å². The lowest BCUT2D eigenvalue weighted by Crippen LogP contribution is -2.22. The van der Waals surface area contributed by atoms with E-state index >= 15 is 0 Å². The van der Waals surface area contributed by atoms with Gasteiger partial charge < -0.3 is 9.84 Å². The summed E-state index contributed by atoms with van der Waals surface area (Å²) >= 11 is 3.03. The van der Waals surface area contributed by atoms with E-state index in [1.807, 2.05) is 0 Å². The smallest absolute Gasteiger partial charge is 0.251 e. The highest BCUT2D eigenvalue weighted by Crippen LogP contribution is 2.16. The van der Waals surface area contributed by atoms with E-state index in [4.69, 9.17) is 4.52 Å². The van der Waals surface area contributed by atoms with Gasteiger partial charge in [0.25, 0.3) is 5.91 Å². The maximum absolute atomic E-state index is 13.0. The van der Waals surface area contributed by atoms with Crippen molar-refractivity contribution in [1.82, 2.24) is 10.5 Å². The first-order valence-electron chi connectivity index (χ1n) is 5.21. The number of amides is 1. The normalized spacial score (nSPS) is 10.4. The third-order valence-electron chi connectivity index (χ3n) is 2.28. The van der Waals surface area contributed by atoms with Crippen molar-refractivity contribution in [3.8, 4) is 0 Å². The molecule has 0 saturated heterocycles. The van der Waals surface area contributed by atoms with Crippen LogP contribution in [0.25, 0.3) is 0 Å². The summed E-state index contributed by atoms with van der Waals surface area (Å²) in [6.45, 7) is 2.04. The molecule has 18 heavy (non-hydrogen) atoms. The molecule has 0 bridgehead atoms. The highest BCUT2D eigenvalue weighted by atomic mass is 79.9. The Morgan fingerprint density at radius 3 is 2.89 bits per heavy atom. The number of aromatic nitrogens is 1. The van der Waals surface area contributed by atoms with Crippen molar-refractivity contribution in [2.24, 2.45) is 0 Å². The molecule has 1 amide bonds. The Morgan fingerprint density at radius 2 is 2.28 bits per heavy atom. The minimum Gasteiger partial charge on any atom is -0.359 e. The van der Waals surface area contributed by atoms with Crippen LogP contribution in [0.3, 0.4) is 0 Å². The SMILES string of the molecule is Cc1cc(CNC(=O)c2ccc(F)c(Br)c2)on1. The number of nitrogens with one attached hydrogen (secondary N) is 1. The van der Waals surface area contributed by atoms with E-state index in [-0.39, 0.29) is 16.9 Å². The summed E-state index contributed by atoms with van der Waals surface area (Å²) in [5.41, 5.74) is 1.13. The van der Waals surface area contributed by atoms with Gasteiger partial charge in [0, 0.05) is 11.6 Å². The molecule has 0 aliphatic heterocycles. The minimum absolute atomic E-state index is 0.245. The molecule has 2 aromatic rings. The van der Waals surface area contributed by atoms with Crippen LogP contribution in [0.4, 0.5) is 4.39 Å². The molecule has 0 spiro atoms. The van der Waals surface area contributed by atoms with Crippen LogP contribution in [0.2, 0.25) is 0 Å². The molecule has 4 nitrogen and oxygen atoms in total. The lowest BCUT2D eigenvalue weighted by molar-refractivity contribution is 0.0947. The molecule has 0 atom stereocenters. The van der Waals surface area contributed by atoms with Crippen molar-refractivity contribution >= 4 is 21.8 Å². The van der Waals surface area contributed by atoms with Gasteiger partial charge in [0.15, 0.2) is 5.76 Å². The molecule has 0 aliphatic rings. The Labute approximate surface area is 111 Å². The van der Waals surface area contributed by atoms with Crippen LogP contribution in [-0.4, -0.2) is 11.1 Å². The van der Waals surface area contributed by atoms with Crippen molar-refractivity contribution < 1.29 is 13.7 Å². The van der Waals surface area contributed by atoms with Crippen molar-refractivity contribution in [1.29, 1.82) is 0 Å². The second-order valence-electron chi connectivity index (χ2n) is 3.75. The van der Waals surface area contributed by atoms with E-state index < -0.39 is 5.82 Å². The Balaban J connectivity index is 2.01. The van der Waals surface area contributed by atoms with Gasteiger partial charge in [-0.3, -0.25) is 4.79 Å². The average Bonchev–Trinajstić information content (AvgIpc) is 2.75. The number of benzene rings is 1. The average molecular weight is 313 g/mol.